The Morgan fingerprint density at radius 3 is 2.41 bits per heavy atom. The Hall–Kier alpha value is -1.06. The quantitative estimate of drug-likeness (QED) is 0.827. The largest absolute Gasteiger partial charge is 0.490 e. The Kier molecular flexibility index (Phi) is 4.54. The summed E-state index contributed by atoms with van der Waals surface area (Å²) in [5.74, 6) is 0.897. The normalized spacial score (nSPS) is 16.6. The summed E-state index contributed by atoms with van der Waals surface area (Å²) in [5.41, 5.74) is 6.01. The molecule has 2 unspecified atom stereocenters. The Morgan fingerprint density at radius 1 is 1.29 bits per heavy atom. The Balaban J connectivity index is 2.76. The molecular weight excluding hydrogens is 214 g/mol. The van der Waals surface area contributed by atoms with E-state index in [1.165, 1.54) is 0 Å². The van der Waals surface area contributed by atoms with Crippen molar-refractivity contribution in [3.05, 3.63) is 29.8 Å². The number of hydrogen-bond acceptors (Lipinski definition) is 3. The van der Waals surface area contributed by atoms with Crippen molar-refractivity contribution in [1.82, 2.24) is 0 Å². The molecule has 0 bridgehead atoms. The minimum Gasteiger partial charge on any atom is -0.490 e. The highest BCUT2D eigenvalue weighted by Gasteiger charge is 2.26. The van der Waals surface area contributed by atoms with E-state index in [0.717, 1.165) is 11.3 Å². The molecule has 0 fully saturated rings. The van der Waals surface area contributed by atoms with Gasteiger partial charge in [-0.2, -0.15) is 0 Å². The van der Waals surface area contributed by atoms with E-state index in [-0.39, 0.29) is 18.6 Å². The number of hydrogen-bond donors (Lipinski definition) is 2. The lowest BCUT2D eigenvalue weighted by atomic mass is 9.94. The molecule has 96 valence electrons. The third kappa shape index (κ3) is 3.72. The fourth-order valence-corrected chi connectivity index (χ4v) is 1.38. The van der Waals surface area contributed by atoms with Crippen LogP contribution >= 0.6 is 0 Å². The van der Waals surface area contributed by atoms with E-state index in [1.54, 1.807) is 6.92 Å². The molecule has 3 heteroatoms. The first-order valence-electron chi connectivity index (χ1n) is 6.04. The number of benzene rings is 1. The zero-order valence-electron chi connectivity index (χ0n) is 11.1. The van der Waals surface area contributed by atoms with E-state index >= 15 is 0 Å². The molecule has 1 aromatic carbocycles. The van der Waals surface area contributed by atoms with Crippen LogP contribution < -0.4 is 10.5 Å². The summed E-state index contributed by atoms with van der Waals surface area (Å²) in [5, 5.41) is 10.1. The maximum atomic E-state index is 10.1. The van der Waals surface area contributed by atoms with Crippen LogP contribution in [0.25, 0.3) is 0 Å². The highest BCUT2D eigenvalue weighted by molar-refractivity contribution is 5.35. The van der Waals surface area contributed by atoms with Gasteiger partial charge in [-0.05, 0) is 25.8 Å². The van der Waals surface area contributed by atoms with Crippen molar-refractivity contribution in [1.29, 1.82) is 0 Å². The van der Waals surface area contributed by atoms with Gasteiger partial charge in [0.1, 0.15) is 12.4 Å². The Bertz CT molecular complexity index is 359. The second kappa shape index (κ2) is 5.52. The van der Waals surface area contributed by atoms with Gasteiger partial charge in [-0.1, -0.05) is 32.0 Å². The van der Waals surface area contributed by atoms with Crippen molar-refractivity contribution in [2.24, 2.45) is 11.7 Å². The van der Waals surface area contributed by atoms with Gasteiger partial charge in [0, 0.05) is 11.6 Å². The molecule has 1 aromatic rings. The van der Waals surface area contributed by atoms with E-state index in [9.17, 15) is 5.11 Å². The predicted octanol–water partition coefficient (Wildman–Crippen LogP) is 2.49. The third-order valence-corrected chi connectivity index (χ3v) is 3.17. The molecule has 0 aromatic heterocycles. The lowest BCUT2D eigenvalue weighted by Gasteiger charge is -2.28. The van der Waals surface area contributed by atoms with E-state index in [4.69, 9.17) is 10.5 Å². The average Bonchev–Trinajstić information content (AvgIpc) is 2.26. The molecule has 0 aliphatic carbocycles. The summed E-state index contributed by atoms with van der Waals surface area (Å²) in [6.07, 6.45) is 0. The van der Waals surface area contributed by atoms with Crippen molar-refractivity contribution in [2.75, 3.05) is 6.61 Å². The highest BCUT2D eigenvalue weighted by Crippen LogP contribution is 2.25. The van der Waals surface area contributed by atoms with Crippen LogP contribution in [0, 0.1) is 5.92 Å². The summed E-state index contributed by atoms with van der Waals surface area (Å²) in [4.78, 5) is 0. The molecule has 0 aliphatic rings. The summed E-state index contributed by atoms with van der Waals surface area (Å²) in [6, 6.07) is 7.60. The Labute approximate surface area is 104 Å². The van der Waals surface area contributed by atoms with Crippen LogP contribution in [0.1, 0.15) is 39.3 Å². The lowest BCUT2D eigenvalue weighted by molar-refractivity contribution is -0.0269. The van der Waals surface area contributed by atoms with E-state index in [2.05, 4.69) is 0 Å². The number of rotatable bonds is 5. The summed E-state index contributed by atoms with van der Waals surface area (Å²) in [7, 11) is 0. The van der Waals surface area contributed by atoms with Gasteiger partial charge in [0.25, 0.3) is 0 Å². The maximum Gasteiger partial charge on any atom is 0.124 e. The van der Waals surface area contributed by atoms with Gasteiger partial charge in [-0.3, -0.25) is 0 Å². The monoisotopic (exact) mass is 237 g/mol. The van der Waals surface area contributed by atoms with Crippen LogP contribution in [0.2, 0.25) is 0 Å². The molecule has 0 amide bonds. The smallest absolute Gasteiger partial charge is 0.124 e. The highest BCUT2D eigenvalue weighted by atomic mass is 16.5. The van der Waals surface area contributed by atoms with Crippen molar-refractivity contribution < 1.29 is 9.84 Å². The first kappa shape index (κ1) is 14.0. The van der Waals surface area contributed by atoms with Crippen molar-refractivity contribution in [2.45, 2.75) is 39.3 Å². The van der Waals surface area contributed by atoms with Crippen LogP contribution in [-0.4, -0.2) is 17.3 Å². The molecule has 3 nitrogen and oxygen atoms in total. The second-order valence-electron chi connectivity index (χ2n) is 5.13. The number of ether oxygens (including phenoxy) is 1. The molecule has 0 saturated heterocycles. The lowest BCUT2D eigenvalue weighted by Crippen LogP contribution is -2.38. The molecule has 0 aliphatic heterocycles. The van der Waals surface area contributed by atoms with Gasteiger partial charge in [0.2, 0.25) is 0 Å². The maximum absolute atomic E-state index is 10.1. The minimum absolute atomic E-state index is 0.0739. The molecule has 3 N–H and O–H groups in total. The van der Waals surface area contributed by atoms with E-state index < -0.39 is 5.60 Å². The Morgan fingerprint density at radius 2 is 1.88 bits per heavy atom. The minimum atomic E-state index is -0.828. The third-order valence-electron chi connectivity index (χ3n) is 3.17. The molecular formula is C14H23NO2. The van der Waals surface area contributed by atoms with Crippen LogP contribution in [-0.2, 0) is 0 Å². The standard InChI is InChI=1S/C14H23NO2/c1-10(2)14(4,16)9-17-13-8-6-5-7-12(13)11(3)15/h5-8,10-11,16H,9,15H2,1-4H3. The van der Waals surface area contributed by atoms with Crippen LogP contribution in [0.5, 0.6) is 5.75 Å². The fourth-order valence-electron chi connectivity index (χ4n) is 1.38. The predicted molar refractivity (Wildman–Crippen MR) is 70.0 cm³/mol. The van der Waals surface area contributed by atoms with Crippen LogP contribution in [0.15, 0.2) is 24.3 Å². The molecule has 0 radical (unpaired) electrons. The molecule has 17 heavy (non-hydrogen) atoms. The van der Waals surface area contributed by atoms with E-state index in [0.29, 0.717) is 0 Å². The SMILES string of the molecule is CC(N)c1ccccc1OCC(C)(O)C(C)C. The van der Waals surface area contributed by atoms with Gasteiger partial charge in [-0.25, -0.2) is 0 Å². The zero-order valence-corrected chi connectivity index (χ0v) is 11.1. The molecule has 0 heterocycles. The molecule has 0 saturated carbocycles. The van der Waals surface area contributed by atoms with Gasteiger partial charge in [0.05, 0.1) is 5.60 Å². The fraction of sp³-hybridized carbons (Fsp3) is 0.571. The number of aliphatic hydroxyl groups is 1. The molecule has 0 spiro atoms. The average molecular weight is 237 g/mol. The van der Waals surface area contributed by atoms with Crippen LogP contribution in [0.4, 0.5) is 0 Å². The van der Waals surface area contributed by atoms with Gasteiger partial charge in [-0.15, -0.1) is 0 Å². The van der Waals surface area contributed by atoms with Crippen molar-refractivity contribution >= 4 is 0 Å². The zero-order chi connectivity index (χ0) is 13.1. The van der Waals surface area contributed by atoms with Crippen molar-refractivity contribution in [3.8, 4) is 5.75 Å². The topological polar surface area (TPSA) is 55.5 Å². The summed E-state index contributed by atoms with van der Waals surface area (Å²) in [6.45, 7) is 7.92. The summed E-state index contributed by atoms with van der Waals surface area (Å²) < 4.78 is 5.69. The second-order valence-corrected chi connectivity index (χ2v) is 5.13. The van der Waals surface area contributed by atoms with Crippen molar-refractivity contribution in [3.63, 3.8) is 0 Å². The van der Waals surface area contributed by atoms with Gasteiger partial charge in [0.15, 0.2) is 0 Å². The molecule has 1 rings (SSSR count). The number of para-hydroxylation sites is 1. The molecule has 2 atom stereocenters. The van der Waals surface area contributed by atoms with Gasteiger partial charge < -0.3 is 15.6 Å². The van der Waals surface area contributed by atoms with Gasteiger partial charge >= 0.3 is 0 Å². The van der Waals surface area contributed by atoms with Crippen LogP contribution in [0.3, 0.4) is 0 Å². The number of nitrogens with two attached hydrogens (primary N) is 1. The first-order chi connectivity index (χ1) is 7.84. The van der Waals surface area contributed by atoms with E-state index in [1.807, 2.05) is 45.0 Å². The summed E-state index contributed by atoms with van der Waals surface area (Å²) >= 11 is 0. The first-order valence-corrected chi connectivity index (χ1v) is 6.04.